The Morgan fingerprint density at radius 3 is 2.30 bits per heavy atom. The van der Waals surface area contributed by atoms with E-state index in [4.69, 9.17) is 4.74 Å². The molecule has 1 fully saturated rings. The molecule has 122 valence electrons. The maximum Gasteiger partial charge on any atom is 0.255 e. The molecule has 0 saturated carbocycles. The number of hydrogen-bond acceptors (Lipinski definition) is 2. The van der Waals surface area contributed by atoms with Crippen molar-refractivity contribution in [3.05, 3.63) is 53.3 Å². The molecule has 1 aromatic heterocycles. The first kappa shape index (κ1) is 15.8. The van der Waals surface area contributed by atoms with E-state index in [1.54, 1.807) is 0 Å². The van der Waals surface area contributed by atoms with Gasteiger partial charge in [0.2, 0.25) is 0 Å². The lowest BCUT2D eigenvalue weighted by Gasteiger charge is -2.35. The zero-order valence-electron chi connectivity index (χ0n) is 14.2. The van der Waals surface area contributed by atoms with Crippen LogP contribution in [0.2, 0.25) is 0 Å². The van der Waals surface area contributed by atoms with Gasteiger partial charge in [-0.25, -0.2) is 0 Å². The molecule has 0 bridgehead atoms. The van der Waals surface area contributed by atoms with E-state index in [1.807, 2.05) is 56.9 Å². The summed E-state index contributed by atoms with van der Waals surface area (Å²) in [6.45, 7) is 9.39. The number of aromatic nitrogens is 1. The summed E-state index contributed by atoms with van der Waals surface area (Å²) < 4.78 is 7.87. The fourth-order valence-corrected chi connectivity index (χ4v) is 3.47. The van der Waals surface area contributed by atoms with Crippen molar-refractivity contribution in [1.82, 2.24) is 9.47 Å². The molecule has 0 spiro atoms. The molecule has 1 amide bonds. The first-order valence-corrected chi connectivity index (χ1v) is 8.16. The van der Waals surface area contributed by atoms with Gasteiger partial charge in [0.05, 0.1) is 17.8 Å². The number of rotatable bonds is 2. The average Bonchev–Trinajstić information content (AvgIpc) is 2.81. The molecule has 23 heavy (non-hydrogen) atoms. The van der Waals surface area contributed by atoms with Gasteiger partial charge >= 0.3 is 0 Å². The summed E-state index contributed by atoms with van der Waals surface area (Å²) in [5.41, 5.74) is 3.94. The van der Waals surface area contributed by atoms with Gasteiger partial charge in [0.1, 0.15) is 0 Å². The van der Waals surface area contributed by atoms with E-state index in [9.17, 15) is 4.79 Å². The summed E-state index contributed by atoms with van der Waals surface area (Å²) >= 11 is 0. The maximum absolute atomic E-state index is 13.0. The van der Waals surface area contributed by atoms with Crippen LogP contribution in [0.5, 0.6) is 0 Å². The predicted molar refractivity (Wildman–Crippen MR) is 91.2 cm³/mol. The average molecular weight is 312 g/mol. The molecule has 2 atom stereocenters. The van der Waals surface area contributed by atoms with Crippen molar-refractivity contribution in [2.24, 2.45) is 0 Å². The summed E-state index contributed by atoms with van der Waals surface area (Å²) in [6.07, 6.45) is 0.167. The van der Waals surface area contributed by atoms with Crippen LogP contribution in [0.3, 0.4) is 0 Å². The van der Waals surface area contributed by atoms with Gasteiger partial charge in [0, 0.05) is 30.2 Å². The number of carbonyl (C=O) groups excluding carboxylic acids is 1. The highest BCUT2D eigenvalue weighted by Gasteiger charge is 2.28. The van der Waals surface area contributed by atoms with Gasteiger partial charge < -0.3 is 14.2 Å². The number of benzene rings is 1. The predicted octanol–water partition coefficient (Wildman–Crippen LogP) is 3.34. The third kappa shape index (κ3) is 3.04. The van der Waals surface area contributed by atoms with E-state index in [1.165, 1.54) is 0 Å². The van der Waals surface area contributed by atoms with Crippen molar-refractivity contribution in [2.45, 2.75) is 39.9 Å². The lowest BCUT2D eigenvalue weighted by atomic mass is 10.1. The first-order chi connectivity index (χ1) is 11.0. The number of nitrogens with zero attached hydrogens (tertiary/aromatic N) is 2. The maximum atomic E-state index is 13.0. The van der Waals surface area contributed by atoms with Gasteiger partial charge in [-0.2, -0.15) is 0 Å². The van der Waals surface area contributed by atoms with Crippen molar-refractivity contribution in [2.75, 3.05) is 13.1 Å². The van der Waals surface area contributed by atoms with Crippen molar-refractivity contribution < 1.29 is 9.53 Å². The van der Waals surface area contributed by atoms with Crippen LogP contribution < -0.4 is 0 Å². The molecule has 2 unspecified atom stereocenters. The van der Waals surface area contributed by atoms with E-state index in [0.717, 1.165) is 22.6 Å². The Kier molecular flexibility index (Phi) is 4.26. The van der Waals surface area contributed by atoms with Gasteiger partial charge in [0.25, 0.3) is 5.91 Å². The molecule has 0 aliphatic carbocycles. The number of para-hydroxylation sites is 1. The highest BCUT2D eigenvalue weighted by atomic mass is 16.5. The Morgan fingerprint density at radius 1 is 1.09 bits per heavy atom. The minimum Gasteiger partial charge on any atom is -0.372 e. The Bertz CT molecular complexity index is 696. The van der Waals surface area contributed by atoms with E-state index in [0.29, 0.717) is 13.1 Å². The second kappa shape index (κ2) is 6.20. The van der Waals surface area contributed by atoms with E-state index in [2.05, 4.69) is 16.7 Å². The lowest BCUT2D eigenvalue weighted by molar-refractivity contribution is -0.0586. The van der Waals surface area contributed by atoms with Crippen molar-refractivity contribution in [1.29, 1.82) is 0 Å². The molecule has 1 saturated heterocycles. The molecular formula is C19H24N2O2. The third-order valence-electron chi connectivity index (χ3n) is 4.38. The van der Waals surface area contributed by atoms with E-state index in [-0.39, 0.29) is 18.1 Å². The third-order valence-corrected chi connectivity index (χ3v) is 4.38. The lowest BCUT2D eigenvalue weighted by Crippen LogP contribution is -2.48. The van der Waals surface area contributed by atoms with Crippen LogP contribution in [-0.2, 0) is 4.74 Å². The Morgan fingerprint density at radius 2 is 1.70 bits per heavy atom. The van der Waals surface area contributed by atoms with Crippen LogP contribution in [0, 0.1) is 13.8 Å². The minimum absolute atomic E-state index is 0.0836. The van der Waals surface area contributed by atoms with Gasteiger partial charge in [-0.1, -0.05) is 18.2 Å². The van der Waals surface area contributed by atoms with Crippen LogP contribution in [0.4, 0.5) is 0 Å². The second-order valence-corrected chi connectivity index (χ2v) is 6.42. The van der Waals surface area contributed by atoms with Crippen molar-refractivity contribution in [3.8, 4) is 5.69 Å². The molecule has 2 heterocycles. The molecule has 1 aliphatic rings. The molecule has 0 N–H and O–H groups in total. The normalized spacial score (nSPS) is 21.5. The molecule has 3 rings (SSSR count). The summed E-state index contributed by atoms with van der Waals surface area (Å²) in [5, 5.41) is 0. The van der Waals surface area contributed by atoms with E-state index < -0.39 is 0 Å². The van der Waals surface area contributed by atoms with Crippen molar-refractivity contribution >= 4 is 5.91 Å². The van der Waals surface area contributed by atoms with Gasteiger partial charge in [-0.3, -0.25) is 4.79 Å². The van der Waals surface area contributed by atoms with Crippen LogP contribution >= 0.6 is 0 Å². The first-order valence-electron chi connectivity index (χ1n) is 8.16. The van der Waals surface area contributed by atoms with Gasteiger partial charge in [0.15, 0.2) is 0 Å². The molecule has 4 nitrogen and oxygen atoms in total. The van der Waals surface area contributed by atoms with Gasteiger partial charge in [-0.05, 0) is 45.9 Å². The fourth-order valence-electron chi connectivity index (χ4n) is 3.47. The summed E-state index contributed by atoms with van der Waals surface area (Å²) in [6, 6.07) is 12.2. The molecule has 1 aliphatic heterocycles. The largest absolute Gasteiger partial charge is 0.372 e. The number of amides is 1. The second-order valence-electron chi connectivity index (χ2n) is 6.42. The highest BCUT2D eigenvalue weighted by Crippen LogP contribution is 2.23. The minimum atomic E-state index is 0.0836. The smallest absolute Gasteiger partial charge is 0.255 e. The van der Waals surface area contributed by atoms with Crippen LogP contribution in [0.1, 0.15) is 35.6 Å². The fraction of sp³-hybridized carbons (Fsp3) is 0.421. The highest BCUT2D eigenvalue weighted by molar-refractivity contribution is 5.96. The zero-order valence-corrected chi connectivity index (χ0v) is 14.2. The summed E-state index contributed by atoms with van der Waals surface area (Å²) in [4.78, 5) is 14.9. The summed E-state index contributed by atoms with van der Waals surface area (Å²) in [7, 11) is 0. The molecule has 1 aromatic carbocycles. The SMILES string of the molecule is Cc1cc(C(=O)N2CC(C)OC(C)C2)c(C)n1-c1ccccc1. The van der Waals surface area contributed by atoms with Gasteiger partial charge in [-0.15, -0.1) is 0 Å². The van der Waals surface area contributed by atoms with Crippen LogP contribution in [0.15, 0.2) is 36.4 Å². The Labute approximate surface area is 137 Å². The quantitative estimate of drug-likeness (QED) is 0.852. The zero-order chi connectivity index (χ0) is 16.6. The standard InChI is InChI=1S/C19H24N2O2/c1-13-10-18(16(4)21(13)17-8-6-5-7-9-17)19(22)20-11-14(2)23-15(3)12-20/h5-10,14-15H,11-12H2,1-4H3. The Hall–Kier alpha value is -2.07. The molecular weight excluding hydrogens is 288 g/mol. The topological polar surface area (TPSA) is 34.5 Å². The number of morpholine rings is 1. The van der Waals surface area contributed by atoms with Crippen LogP contribution in [0.25, 0.3) is 5.69 Å². The number of aryl methyl sites for hydroxylation is 1. The molecule has 0 radical (unpaired) electrons. The molecule has 4 heteroatoms. The number of carbonyl (C=O) groups is 1. The Balaban J connectivity index is 1.93. The van der Waals surface area contributed by atoms with E-state index >= 15 is 0 Å². The number of ether oxygens (including phenoxy) is 1. The monoisotopic (exact) mass is 312 g/mol. The number of hydrogen-bond donors (Lipinski definition) is 0. The summed E-state index contributed by atoms with van der Waals surface area (Å²) in [5.74, 6) is 0.0993. The van der Waals surface area contributed by atoms with Crippen molar-refractivity contribution in [3.63, 3.8) is 0 Å². The van der Waals surface area contributed by atoms with Crippen LogP contribution in [-0.4, -0.2) is 40.7 Å². The molecule has 2 aromatic rings.